The van der Waals surface area contributed by atoms with Gasteiger partial charge < -0.3 is 15.7 Å². The number of aromatic hydroxyl groups is 1. The number of nitrogens with zero attached hydrogens (tertiary/aromatic N) is 5. The second-order valence-corrected chi connectivity index (χ2v) is 8.87. The van der Waals surface area contributed by atoms with E-state index >= 15 is 0 Å². The Hall–Kier alpha value is -3.43. The van der Waals surface area contributed by atoms with Crippen molar-refractivity contribution in [1.82, 2.24) is 29.5 Å². The Morgan fingerprint density at radius 2 is 2.00 bits per heavy atom. The standard InChI is InChI=1S/C20H25N7O3/c1-11-8-21-9-14(22-11)24-13-7-15-26(10-20(2,3)4)18(29)16(19(30)27(15)25-13)17(28)23-12-5-6-12/h7-9,12,29H,5-6,10H2,1-4H3,(H,23,28)(H,22,24,25). The zero-order chi connectivity index (χ0) is 21.6. The number of anilines is 2. The van der Waals surface area contributed by atoms with E-state index in [0.29, 0.717) is 23.8 Å². The summed E-state index contributed by atoms with van der Waals surface area (Å²) >= 11 is 0. The highest BCUT2D eigenvalue weighted by Gasteiger charge is 2.30. The summed E-state index contributed by atoms with van der Waals surface area (Å²) in [5.41, 5.74) is -0.0963. The first-order valence-electron chi connectivity index (χ1n) is 9.84. The fourth-order valence-electron chi connectivity index (χ4n) is 3.19. The number of carbonyl (C=O) groups is 1. The fourth-order valence-corrected chi connectivity index (χ4v) is 3.19. The lowest BCUT2D eigenvalue weighted by molar-refractivity contribution is 0.0944. The van der Waals surface area contributed by atoms with Crippen LogP contribution >= 0.6 is 0 Å². The molecule has 1 fully saturated rings. The number of hydrogen-bond donors (Lipinski definition) is 3. The van der Waals surface area contributed by atoms with Crippen LogP contribution in [-0.4, -0.2) is 41.2 Å². The third kappa shape index (κ3) is 3.98. The van der Waals surface area contributed by atoms with Crippen LogP contribution in [0.2, 0.25) is 0 Å². The van der Waals surface area contributed by atoms with Crippen LogP contribution in [0.3, 0.4) is 0 Å². The van der Waals surface area contributed by atoms with Crippen LogP contribution in [0.15, 0.2) is 23.3 Å². The second kappa shape index (κ2) is 7.12. The maximum Gasteiger partial charge on any atom is 0.291 e. The number of nitrogens with one attached hydrogen (secondary N) is 2. The van der Waals surface area contributed by atoms with Crippen molar-refractivity contribution in [3.8, 4) is 5.88 Å². The third-order valence-electron chi connectivity index (χ3n) is 4.64. The first-order chi connectivity index (χ1) is 14.1. The van der Waals surface area contributed by atoms with Gasteiger partial charge in [0.1, 0.15) is 11.5 Å². The number of carbonyl (C=O) groups excluding carboxylic acids is 1. The quantitative estimate of drug-likeness (QED) is 0.586. The van der Waals surface area contributed by atoms with E-state index in [1.54, 1.807) is 23.0 Å². The molecule has 1 saturated carbocycles. The highest BCUT2D eigenvalue weighted by molar-refractivity contribution is 5.96. The number of hydrogen-bond acceptors (Lipinski definition) is 7. The van der Waals surface area contributed by atoms with Crippen molar-refractivity contribution in [2.75, 3.05) is 5.32 Å². The van der Waals surface area contributed by atoms with Crippen LogP contribution in [0, 0.1) is 12.3 Å². The lowest BCUT2D eigenvalue weighted by Crippen LogP contribution is -2.35. The molecule has 4 rings (SSSR count). The fraction of sp³-hybridized carbons (Fsp3) is 0.450. The molecule has 0 atom stereocenters. The van der Waals surface area contributed by atoms with Crippen molar-refractivity contribution in [1.29, 1.82) is 0 Å². The molecule has 0 aliphatic heterocycles. The monoisotopic (exact) mass is 411 g/mol. The Balaban J connectivity index is 1.85. The first kappa shape index (κ1) is 19.9. The van der Waals surface area contributed by atoms with Gasteiger partial charge in [-0.3, -0.25) is 19.1 Å². The number of fused-ring (bicyclic) bond motifs is 1. The van der Waals surface area contributed by atoms with Crippen LogP contribution in [-0.2, 0) is 6.54 Å². The predicted octanol–water partition coefficient (Wildman–Crippen LogP) is 1.98. The molecule has 10 nitrogen and oxygen atoms in total. The lowest BCUT2D eigenvalue weighted by atomic mass is 9.96. The summed E-state index contributed by atoms with van der Waals surface area (Å²) in [6.45, 7) is 8.20. The summed E-state index contributed by atoms with van der Waals surface area (Å²) < 4.78 is 2.68. The zero-order valence-corrected chi connectivity index (χ0v) is 17.4. The van der Waals surface area contributed by atoms with Gasteiger partial charge in [-0.15, -0.1) is 5.10 Å². The van der Waals surface area contributed by atoms with E-state index < -0.39 is 11.5 Å². The molecule has 0 bridgehead atoms. The molecule has 1 amide bonds. The second-order valence-electron chi connectivity index (χ2n) is 8.87. The molecule has 0 aromatic carbocycles. The van der Waals surface area contributed by atoms with Crippen LogP contribution in [0.25, 0.3) is 5.65 Å². The van der Waals surface area contributed by atoms with Crippen LogP contribution in [0.4, 0.5) is 11.6 Å². The number of aromatic nitrogens is 5. The molecular weight excluding hydrogens is 386 g/mol. The molecule has 3 N–H and O–H groups in total. The zero-order valence-electron chi connectivity index (χ0n) is 17.4. The van der Waals surface area contributed by atoms with Gasteiger partial charge in [-0.1, -0.05) is 20.8 Å². The summed E-state index contributed by atoms with van der Waals surface area (Å²) in [5, 5.41) is 21.0. The Labute approximate surface area is 173 Å². The third-order valence-corrected chi connectivity index (χ3v) is 4.64. The SMILES string of the molecule is Cc1cncc(Nc2cc3n(CC(C)(C)C)c(O)c(C(=O)NC4CC4)c(=O)n3n2)n1. The Kier molecular flexibility index (Phi) is 4.71. The van der Waals surface area contributed by atoms with E-state index in [2.05, 4.69) is 25.7 Å². The van der Waals surface area contributed by atoms with Crippen molar-refractivity contribution < 1.29 is 9.90 Å². The van der Waals surface area contributed by atoms with Gasteiger partial charge in [-0.25, -0.2) is 4.98 Å². The number of amides is 1. The van der Waals surface area contributed by atoms with Crippen molar-refractivity contribution >= 4 is 23.2 Å². The van der Waals surface area contributed by atoms with Gasteiger partial charge in [0.25, 0.3) is 11.5 Å². The average Bonchev–Trinajstić information content (AvgIpc) is 3.34. The van der Waals surface area contributed by atoms with Gasteiger partial charge in [-0.05, 0) is 25.2 Å². The van der Waals surface area contributed by atoms with Gasteiger partial charge >= 0.3 is 0 Å². The highest BCUT2D eigenvalue weighted by Crippen LogP contribution is 2.27. The van der Waals surface area contributed by atoms with Crippen LogP contribution < -0.4 is 16.2 Å². The summed E-state index contributed by atoms with van der Waals surface area (Å²) in [4.78, 5) is 34.1. The summed E-state index contributed by atoms with van der Waals surface area (Å²) in [7, 11) is 0. The first-order valence-corrected chi connectivity index (χ1v) is 9.84. The summed E-state index contributed by atoms with van der Waals surface area (Å²) in [5.74, 6) is -0.112. The van der Waals surface area contributed by atoms with E-state index in [1.165, 1.54) is 0 Å². The van der Waals surface area contributed by atoms with Crippen molar-refractivity contribution in [3.05, 3.63) is 40.1 Å². The molecule has 0 radical (unpaired) electrons. The number of rotatable bonds is 5. The molecular formula is C20H25N7O3. The molecule has 0 unspecified atom stereocenters. The smallest absolute Gasteiger partial charge is 0.291 e. The van der Waals surface area contributed by atoms with E-state index in [0.717, 1.165) is 23.1 Å². The molecule has 1 aliphatic rings. The maximum atomic E-state index is 13.0. The van der Waals surface area contributed by atoms with E-state index in [4.69, 9.17) is 0 Å². The van der Waals surface area contributed by atoms with Crippen LogP contribution in [0.5, 0.6) is 5.88 Å². The van der Waals surface area contributed by atoms with Gasteiger partial charge in [0, 0.05) is 24.8 Å². The summed E-state index contributed by atoms with van der Waals surface area (Å²) in [6.07, 6.45) is 4.92. The maximum absolute atomic E-state index is 13.0. The average molecular weight is 411 g/mol. The molecule has 30 heavy (non-hydrogen) atoms. The summed E-state index contributed by atoms with van der Waals surface area (Å²) in [6, 6.07) is 1.69. The normalized spacial score (nSPS) is 14.1. The van der Waals surface area contributed by atoms with Gasteiger partial charge in [0.15, 0.2) is 11.4 Å². The molecule has 0 spiro atoms. The molecule has 158 valence electrons. The van der Waals surface area contributed by atoms with Crippen molar-refractivity contribution in [2.45, 2.75) is 53.1 Å². The van der Waals surface area contributed by atoms with E-state index in [-0.39, 0.29) is 22.9 Å². The van der Waals surface area contributed by atoms with Gasteiger partial charge in [-0.2, -0.15) is 4.52 Å². The molecule has 3 heterocycles. The number of aryl methyl sites for hydroxylation is 1. The lowest BCUT2D eigenvalue weighted by Gasteiger charge is -2.23. The predicted molar refractivity (Wildman–Crippen MR) is 111 cm³/mol. The van der Waals surface area contributed by atoms with Gasteiger partial charge in [0.05, 0.1) is 11.9 Å². The minimum Gasteiger partial charge on any atom is -0.494 e. The van der Waals surface area contributed by atoms with Crippen LogP contribution in [0.1, 0.15) is 49.7 Å². The highest BCUT2D eigenvalue weighted by atomic mass is 16.3. The van der Waals surface area contributed by atoms with Crippen molar-refractivity contribution in [2.24, 2.45) is 5.41 Å². The van der Waals surface area contributed by atoms with Crippen molar-refractivity contribution in [3.63, 3.8) is 0 Å². The topological polar surface area (TPSA) is 126 Å². The van der Waals surface area contributed by atoms with E-state index in [1.807, 2.05) is 27.7 Å². The minimum absolute atomic E-state index is 0.0535. The Morgan fingerprint density at radius 1 is 1.27 bits per heavy atom. The largest absolute Gasteiger partial charge is 0.494 e. The minimum atomic E-state index is -0.672. The molecule has 1 aliphatic carbocycles. The Morgan fingerprint density at radius 3 is 2.63 bits per heavy atom. The van der Waals surface area contributed by atoms with Gasteiger partial charge in [0.2, 0.25) is 5.88 Å². The molecule has 3 aromatic rings. The Bertz CT molecular complexity index is 1190. The molecule has 10 heteroatoms. The van der Waals surface area contributed by atoms with E-state index in [9.17, 15) is 14.7 Å². The molecule has 3 aromatic heterocycles. The molecule has 0 saturated heterocycles.